The lowest BCUT2D eigenvalue weighted by Crippen LogP contribution is -2.11. The molecule has 0 fully saturated rings. The van der Waals surface area contributed by atoms with Crippen molar-refractivity contribution < 1.29 is 18.8 Å². The largest absolute Gasteiger partial charge is 0.494 e. The summed E-state index contributed by atoms with van der Waals surface area (Å²) in [4.78, 5) is 11.1. The highest BCUT2D eigenvalue weighted by Gasteiger charge is 2.24. The van der Waals surface area contributed by atoms with Crippen LogP contribution in [0.3, 0.4) is 0 Å². The second-order valence-corrected chi connectivity index (χ2v) is 9.60. The molecule has 0 aliphatic heterocycles. The molecule has 1 aromatic heterocycles. The quantitative estimate of drug-likeness (QED) is 0.122. The van der Waals surface area contributed by atoms with Gasteiger partial charge in [-0.2, -0.15) is 0 Å². The average Bonchev–Trinajstić information content (AvgIpc) is 3.23. The zero-order valence-electron chi connectivity index (χ0n) is 20.1. The van der Waals surface area contributed by atoms with E-state index < -0.39 is 5.25 Å². The third-order valence-electron chi connectivity index (χ3n) is 5.37. The van der Waals surface area contributed by atoms with Gasteiger partial charge in [-0.1, -0.05) is 41.6 Å². The molecule has 3 aromatic carbocycles. The third kappa shape index (κ3) is 6.78. The summed E-state index contributed by atoms with van der Waals surface area (Å²) >= 11 is 7.69. The number of aryl methyl sites for hydroxylation is 1. The monoisotopic (exact) mass is 542 g/mol. The predicted molar refractivity (Wildman–Crippen MR) is 140 cm³/mol. The first-order chi connectivity index (χ1) is 17.8. The van der Waals surface area contributed by atoms with E-state index in [4.69, 9.17) is 21.1 Å². The lowest BCUT2D eigenvalue weighted by molar-refractivity contribution is -0.479. The van der Waals surface area contributed by atoms with Crippen LogP contribution in [0.15, 0.2) is 71.9 Å². The fraction of sp³-hybridized carbons (Fsp3) is 0.231. The Morgan fingerprint density at radius 3 is 2.57 bits per heavy atom. The molecule has 37 heavy (non-hydrogen) atoms. The molecule has 0 aliphatic carbocycles. The van der Waals surface area contributed by atoms with Gasteiger partial charge in [-0.25, -0.2) is 4.39 Å². The van der Waals surface area contributed by atoms with Gasteiger partial charge in [0.05, 0.1) is 11.6 Å². The molecule has 0 amide bonds. The van der Waals surface area contributed by atoms with Gasteiger partial charge in [0.15, 0.2) is 5.16 Å². The molecular formula is C26H24ClFN4O4S. The molecule has 8 nitrogen and oxygen atoms in total. The van der Waals surface area contributed by atoms with E-state index in [2.05, 4.69) is 10.2 Å². The average molecular weight is 543 g/mol. The summed E-state index contributed by atoms with van der Waals surface area (Å²) in [6, 6.07) is 18.6. The summed E-state index contributed by atoms with van der Waals surface area (Å²) in [5.74, 6) is 1.43. The van der Waals surface area contributed by atoms with E-state index in [-0.39, 0.29) is 23.9 Å². The SMILES string of the molecule is CCOc1ccc(-n2c(C)nnc2S[C@H](C[N+](=O)[O-])c2ccc(OCc3cccc(F)c3)c(Cl)c2)cc1. The van der Waals surface area contributed by atoms with Crippen LogP contribution in [0.2, 0.25) is 5.02 Å². The third-order valence-corrected chi connectivity index (χ3v) is 6.85. The van der Waals surface area contributed by atoms with Crippen LogP contribution in [0, 0.1) is 22.9 Å². The van der Waals surface area contributed by atoms with Gasteiger partial charge in [0.2, 0.25) is 6.54 Å². The molecule has 4 rings (SSSR count). The Kier molecular flexibility index (Phi) is 8.62. The summed E-state index contributed by atoms with van der Waals surface area (Å²) in [7, 11) is 0. The Labute approximate surface area is 222 Å². The van der Waals surface area contributed by atoms with Crippen molar-refractivity contribution in [1.82, 2.24) is 14.8 Å². The number of ether oxygens (including phenoxy) is 2. The van der Waals surface area contributed by atoms with Crippen LogP contribution in [-0.2, 0) is 6.61 Å². The van der Waals surface area contributed by atoms with Gasteiger partial charge >= 0.3 is 0 Å². The number of hydrogen-bond donors (Lipinski definition) is 0. The second kappa shape index (κ2) is 12.1. The Hall–Kier alpha value is -3.63. The van der Waals surface area contributed by atoms with E-state index in [0.717, 1.165) is 11.4 Å². The first-order valence-corrected chi connectivity index (χ1v) is 12.7. The molecule has 0 N–H and O–H groups in total. The lowest BCUT2D eigenvalue weighted by Gasteiger charge is -2.16. The fourth-order valence-corrected chi connectivity index (χ4v) is 5.08. The second-order valence-electron chi connectivity index (χ2n) is 8.02. The van der Waals surface area contributed by atoms with E-state index >= 15 is 0 Å². The number of hydrogen-bond acceptors (Lipinski definition) is 7. The van der Waals surface area contributed by atoms with Gasteiger partial charge in [-0.15, -0.1) is 10.2 Å². The smallest absolute Gasteiger partial charge is 0.220 e. The number of rotatable bonds is 11. The van der Waals surface area contributed by atoms with Gasteiger partial charge in [0.1, 0.15) is 35.0 Å². The van der Waals surface area contributed by atoms with Crippen molar-refractivity contribution in [3.8, 4) is 17.2 Å². The molecular weight excluding hydrogens is 519 g/mol. The highest BCUT2D eigenvalue weighted by Crippen LogP contribution is 2.39. The summed E-state index contributed by atoms with van der Waals surface area (Å²) in [6.45, 7) is 4.08. The van der Waals surface area contributed by atoms with Crippen LogP contribution in [-0.4, -0.2) is 32.8 Å². The standard InChI is InChI=1S/C26H24ClFN4O4S/c1-3-35-22-10-8-21(9-11-22)32-17(2)29-30-26(32)37-25(15-31(33)34)19-7-12-24(23(27)14-19)36-16-18-5-4-6-20(28)13-18/h4-14,25H,3,15-16H2,1-2H3/t25-/m1/s1. The summed E-state index contributed by atoms with van der Waals surface area (Å²) in [5, 5.41) is 20.2. The van der Waals surface area contributed by atoms with E-state index in [9.17, 15) is 14.5 Å². The van der Waals surface area contributed by atoms with Gasteiger partial charge in [-0.3, -0.25) is 14.7 Å². The number of thioether (sulfide) groups is 1. The maximum absolute atomic E-state index is 13.4. The van der Waals surface area contributed by atoms with Crippen LogP contribution >= 0.6 is 23.4 Å². The highest BCUT2D eigenvalue weighted by molar-refractivity contribution is 7.99. The zero-order valence-corrected chi connectivity index (χ0v) is 21.7. The van der Waals surface area contributed by atoms with Crippen molar-refractivity contribution in [2.24, 2.45) is 0 Å². The summed E-state index contributed by atoms with van der Waals surface area (Å²) < 4.78 is 26.5. The van der Waals surface area contributed by atoms with Crippen molar-refractivity contribution in [3.63, 3.8) is 0 Å². The molecule has 0 unspecified atom stereocenters. The van der Waals surface area contributed by atoms with Crippen molar-refractivity contribution in [3.05, 3.63) is 105 Å². The molecule has 11 heteroatoms. The van der Waals surface area contributed by atoms with Crippen LogP contribution in [0.5, 0.6) is 11.5 Å². The van der Waals surface area contributed by atoms with Crippen LogP contribution in [0.4, 0.5) is 4.39 Å². The van der Waals surface area contributed by atoms with Crippen molar-refractivity contribution in [2.45, 2.75) is 30.9 Å². The number of halogens is 2. The Balaban J connectivity index is 1.56. The topological polar surface area (TPSA) is 92.3 Å². The Bertz CT molecular complexity index is 1380. The lowest BCUT2D eigenvalue weighted by atomic mass is 10.1. The predicted octanol–water partition coefficient (Wildman–Crippen LogP) is 6.46. The van der Waals surface area contributed by atoms with Gasteiger partial charge in [0.25, 0.3) is 0 Å². The molecule has 192 valence electrons. The maximum Gasteiger partial charge on any atom is 0.220 e. The molecule has 0 bridgehead atoms. The summed E-state index contributed by atoms with van der Waals surface area (Å²) in [6.07, 6.45) is 0. The van der Waals surface area contributed by atoms with E-state index in [1.807, 2.05) is 42.7 Å². The van der Waals surface area contributed by atoms with E-state index in [0.29, 0.717) is 39.5 Å². The van der Waals surface area contributed by atoms with Crippen molar-refractivity contribution in [1.29, 1.82) is 0 Å². The molecule has 0 radical (unpaired) electrons. The molecule has 0 saturated heterocycles. The van der Waals surface area contributed by atoms with E-state index in [1.54, 1.807) is 30.3 Å². The molecule has 1 heterocycles. The van der Waals surface area contributed by atoms with Gasteiger partial charge in [0, 0.05) is 10.6 Å². The minimum Gasteiger partial charge on any atom is -0.494 e. The normalized spacial score (nSPS) is 11.8. The highest BCUT2D eigenvalue weighted by atomic mass is 35.5. The molecule has 1 atom stereocenters. The minimum atomic E-state index is -0.588. The molecule has 4 aromatic rings. The number of nitro groups is 1. The van der Waals surface area contributed by atoms with Gasteiger partial charge < -0.3 is 9.47 Å². The fourth-order valence-electron chi connectivity index (χ4n) is 3.67. The first kappa shape index (κ1) is 26.4. The van der Waals surface area contributed by atoms with Crippen LogP contribution in [0.25, 0.3) is 5.69 Å². The van der Waals surface area contributed by atoms with E-state index in [1.165, 1.54) is 23.9 Å². The Morgan fingerprint density at radius 2 is 1.89 bits per heavy atom. The Morgan fingerprint density at radius 1 is 1.11 bits per heavy atom. The molecule has 0 aliphatic rings. The van der Waals surface area contributed by atoms with Crippen molar-refractivity contribution in [2.75, 3.05) is 13.2 Å². The van der Waals surface area contributed by atoms with Crippen LogP contribution in [0.1, 0.15) is 29.1 Å². The number of aromatic nitrogens is 3. The van der Waals surface area contributed by atoms with Crippen LogP contribution < -0.4 is 9.47 Å². The zero-order chi connectivity index (χ0) is 26.4. The van der Waals surface area contributed by atoms with Crippen molar-refractivity contribution >= 4 is 23.4 Å². The number of benzene rings is 3. The van der Waals surface area contributed by atoms with Gasteiger partial charge in [-0.05, 0) is 73.5 Å². The number of nitrogens with zero attached hydrogens (tertiary/aromatic N) is 4. The first-order valence-electron chi connectivity index (χ1n) is 11.4. The summed E-state index contributed by atoms with van der Waals surface area (Å²) in [5.41, 5.74) is 2.11. The molecule has 0 saturated carbocycles. The molecule has 0 spiro atoms. The maximum atomic E-state index is 13.4. The minimum absolute atomic E-state index is 0.133.